The summed E-state index contributed by atoms with van der Waals surface area (Å²) in [6.45, 7) is 2.87. The van der Waals surface area contributed by atoms with Crippen LogP contribution in [0.4, 0.5) is 5.69 Å². The van der Waals surface area contributed by atoms with Crippen molar-refractivity contribution in [1.29, 1.82) is 0 Å². The highest BCUT2D eigenvalue weighted by Gasteiger charge is 2.21. The maximum atomic E-state index is 12.2. The van der Waals surface area contributed by atoms with Gasteiger partial charge < -0.3 is 5.32 Å². The molecule has 4 nitrogen and oxygen atoms in total. The van der Waals surface area contributed by atoms with Crippen molar-refractivity contribution in [2.45, 2.75) is 38.6 Å². The van der Waals surface area contributed by atoms with Crippen molar-refractivity contribution < 1.29 is 8.42 Å². The molecule has 20 heavy (non-hydrogen) atoms. The molecule has 0 aromatic heterocycles. The predicted octanol–water partition coefficient (Wildman–Crippen LogP) is 2.16. The third-order valence-electron chi connectivity index (χ3n) is 3.71. The van der Waals surface area contributed by atoms with Gasteiger partial charge in [0.15, 0.2) is 0 Å². The van der Waals surface area contributed by atoms with Crippen molar-refractivity contribution in [3.05, 3.63) is 29.8 Å². The molecule has 1 aromatic rings. The number of anilines is 1. The van der Waals surface area contributed by atoms with Crippen LogP contribution in [0.1, 0.15) is 31.7 Å². The van der Waals surface area contributed by atoms with E-state index < -0.39 is 10.0 Å². The molecule has 1 N–H and O–H groups in total. The Morgan fingerprint density at radius 1 is 1.25 bits per heavy atom. The van der Waals surface area contributed by atoms with Crippen molar-refractivity contribution in [2.75, 3.05) is 23.7 Å². The predicted molar refractivity (Wildman–Crippen MR) is 83.7 cm³/mol. The molecule has 112 valence electrons. The molecule has 1 aliphatic carbocycles. The van der Waals surface area contributed by atoms with Crippen LogP contribution in [0.15, 0.2) is 24.3 Å². The molecule has 0 unspecified atom stereocenters. The third kappa shape index (κ3) is 4.21. The zero-order valence-corrected chi connectivity index (χ0v) is 13.1. The van der Waals surface area contributed by atoms with Crippen LogP contribution in [-0.2, 0) is 16.4 Å². The molecule has 0 atom stereocenters. The number of aryl methyl sites for hydroxylation is 1. The maximum absolute atomic E-state index is 12.2. The van der Waals surface area contributed by atoms with Gasteiger partial charge in [-0.3, -0.25) is 4.31 Å². The molecule has 5 heteroatoms. The van der Waals surface area contributed by atoms with E-state index in [0.29, 0.717) is 12.5 Å². The van der Waals surface area contributed by atoms with Gasteiger partial charge in [-0.15, -0.1) is 0 Å². The fourth-order valence-corrected chi connectivity index (χ4v) is 3.31. The fourth-order valence-electron chi connectivity index (χ4n) is 2.09. The summed E-state index contributed by atoms with van der Waals surface area (Å²) < 4.78 is 25.9. The summed E-state index contributed by atoms with van der Waals surface area (Å²) in [4.78, 5) is 0. The number of nitrogens with one attached hydrogen (secondary N) is 1. The monoisotopic (exact) mass is 296 g/mol. The van der Waals surface area contributed by atoms with Crippen LogP contribution in [0.3, 0.4) is 0 Å². The quantitative estimate of drug-likeness (QED) is 0.748. The molecule has 0 heterocycles. The highest BCUT2D eigenvalue weighted by atomic mass is 32.2. The molecule has 0 aliphatic heterocycles. The molecule has 0 amide bonds. The van der Waals surface area contributed by atoms with Gasteiger partial charge in [-0.2, -0.15) is 0 Å². The zero-order chi connectivity index (χ0) is 14.6. The lowest BCUT2D eigenvalue weighted by Gasteiger charge is -2.19. The maximum Gasteiger partial charge on any atom is 0.234 e. The lowest BCUT2D eigenvalue weighted by Crippen LogP contribution is -2.30. The van der Waals surface area contributed by atoms with Gasteiger partial charge in [0.25, 0.3) is 0 Å². The minimum atomic E-state index is -3.22. The molecule has 1 aromatic carbocycles. The van der Waals surface area contributed by atoms with Crippen molar-refractivity contribution in [1.82, 2.24) is 5.32 Å². The summed E-state index contributed by atoms with van der Waals surface area (Å²) in [5.41, 5.74) is 1.95. The van der Waals surface area contributed by atoms with E-state index >= 15 is 0 Å². The summed E-state index contributed by atoms with van der Waals surface area (Å²) in [5.74, 6) is 0.193. The van der Waals surface area contributed by atoms with Crippen molar-refractivity contribution in [3.8, 4) is 0 Å². The Labute approximate surface area is 122 Å². The van der Waals surface area contributed by atoms with Gasteiger partial charge in [0.1, 0.15) is 0 Å². The van der Waals surface area contributed by atoms with Gasteiger partial charge >= 0.3 is 0 Å². The number of hydrogen-bond donors (Lipinski definition) is 1. The Morgan fingerprint density at radius 3 is 2.45 bits per heavy atom. The van der Waals surface area contributed by atoms with E-state index in [0.717, 1.165) is 18.7 Å². The van der Waals surface area contributed by atoms with Crippen LogP contribution in [0.25, 0.3) is 0 Å². The SMILES string of the molecule is CCc1ccc(N(C)S(=O)(=O)CCCNC2CC2)cc1. The number of hydrogen-bond acceptors (Lipinski definition) is 3. The molecule has 0 bridgehead atoms. The minimum Gasteiger partial charge on any atom is -0.314 e. The number of sulfonamides is 1. The Morgan fingerprint density at radius 2 is 1.90 bits per heavy atom. The molecule has 0 radical (unpaired) electrons. The van der Waals surface area contributed by atoms with Gasteiger partial charge in [-0.1, -0.05) is 19.1 Å². The van der Waals surface area contributed by atoms with Gasteiger partial charge in [0.2, 0.25) is 10.0 Å². The standard InChI is InChI=1S/C15H24N2O2S/c1-3-13-5-9-15(10-6-13)17(2)20(18,19)12-4-11-16-14-7-8-14/h5-6,9-10,14,16H,3-4,7-8,11-12H2,1-2H3. The average molecular weight is 296 g/mol. The van der Waals surface area contributed by atoms with E-state index in [1.54, 1.807) is 7.05 Å². The summed E-state index contributed by atoms with van der Waals surface area (Å²) in [7, 11) is -1.59. The van der Waals surface area contributed by atoms with E-state index in [-0.39, 0.29) is 5.75 Å². The topological polar surface area (TPSA) is 49.4 Å². The summed E-state index contributed by atoms with van der Waals surface area (Å²) in [5, 5.41) is 3.34. The van der Waals surface area contributed by atoms with E-state index in [1.165, 1.54) is 22.7 Å². The van der Waals surface area contributed by atoms with Crippen molar-refractivity contribution in [3.63, 3.8) is 0 Å². The van der Waals surface area contributed by atoms with Crippen LogP contribution in [-0.4, -0.2) is 33.8 Å². The fraction of sp³-hybridized carbons (Fsp3) is 0.600. The van der Waals surface area contributed by atoms with Gasteiger partial charge in [0, 0.05) is 13.1 Å². The Kier molecular flexibility index (Phi) is 5.05. The molecular weight excluding hydrogens is 272 g/mol. The largest absolute Gasteiger partial charge is 0.314 e. The van der Waals surface area contributed by atoms with Gasteiger partial charge in [-0.05, 0) is 49.9 Å². The second-order valence-corrected chi connectivity index (χ2v) is 7.51. The van der Waals surface area contributed by atoms with E-state index in [1.807, 2.05) is 24.3 Å². The summed E-state index contributed by atoms with van der Waals surface area (Å²) in [6, 6.07) is 8.35. The minimum absolute atomic E-state index is 0.193. The molecule has 1 saturated carbocycles. The molecule has 0 spiro atoms. The number of benzene rings is 1. The Balaban J connectivity index is 1.88. The molecule has 1 fully saturated rings. The first-order valence-electron chi connectivity index (χ1n) is 7.32. The summed E-state index contributed by atoms with van der Waals surface area (Å²) in [6.07, 6.45) is 4.09. The third-order valence-corrected chi connectivity index (χ3v) is 5.56. The van der Waals surface area contributed by atoms with Crippen LogP contribution in [0.2, 0.25) is 0 Å². The molecular formula is C15H24N2O2S. The van der Waals surface area contributed by atoms with Crippen LogP contribution >= 0.6 is 0 Å². The lowest BCUT2D eigenvalue weighted by atomic mass is 10.1. The van der Waals surface area contributed by atoms with Crippen LogP contribution in [0, 0.1) is 0 Å². The second-order valence-electron chi connectivity index (χ2n) is 5.39. The van der Waals surface area contributed by atoms with Gasteiger partial charge in [-0.25, -0.2) is 8.42 Å². The second kappa shape index (κ2) is 6.59. The van der Waals surface area contributed by atoms with E-state index in [4.69, 9.17) is 0 Å². The highest BCUT2D eigenvalue weighted by molar-refractivity contribution is 7.92. The Hall–Kier alpha value is -1.07. The molecule has 2 rings (SSSR count). The lowest BCUT2D eigenvalue weighted by molar-refractivity contribution is 0.586. The normalized spacial score (nSPS) is 15.3. The first kappa shape index (κ1) is 15.3. The highest BCUT2D eigenvalue weighted by Crippen LogP contribution is 2.19. The van der Waals surface area contributed by atoms with E-state index in [2.05, 4.69) is 12.2 Å². The first-order valence-corrected chi connectivity index (χ1v) is 8.93. The van der Waals surface area contributed by atoms with E-state index in [9.17, 15) is 8.42 Å². The average Bonchev–Trinajstić information content (AvgIpc) is 3.27. The number of rotatable bonds is 8. The first-order chi connectivity index (χ1) is 9.53. The summed E-state index contributed by atoms with van der Waals surface area (Å²) >= 11 is 0. The van der Waals surface area contributed by atoms with Crippen molar-refractivity contribution in [2.24, 2.45) is 0 Å². The zero-order valence-electron chi connectivity index (χ0n) is 12.3. The van der Waals surface area contributed by atoms with Crippen LogP contribution in [0.5, 0.6) is 0 Å². The van der Waals surface area contributed by atoms with Crippen LogP contribution < -0.4 is 9.62 Å². The molecule has 0 saturated heterocycles. The Bertz CT molecular complexity index is 521. The smallest absolute Gasteiger partial charge is 0.234 e. The molecule has 1 aliphatic rings. The van der Waals surface area contributed by atoms with Crippen molar-refractivity contribution >= 4 is 15.7 Å². The van der Waals surface area contributed by atoms with Gasteiger partial charge in [0.05, 0.1) is 11.4 Å². The number of nitrogens with zero attached hydrogens (tertiary/aromatic N) is 1.